The lowest BCUT2D eigenvalue weighted by Gasteiger charge is -2.31. The lowest BCUT2D eigenvalue weighted by atomic mass is 9.99. The summed E-state index contributed by atoms with van der Waals surface area (Å²) < 4.78 is 0. The third-order valence-electron chi connectivity index (χ3n) is 5.30. The highest BCUT2D eigenvalue weighted by atomic mass is 32.2. The zero-order valence-electron chi connectivity index (χ0n) is 15.4. The predicted octanol–water partition coefficient (Wildman–Crippen LogP) is 3.84. The quantitative estimate of drug-likeness (QED) is 0.811. The fourth-order valence-corrected chi connectivity index (χ4v) is 4.62. The van der Waals surface area contributed by atoms with Crippen molar-refractivity contribution in [1.29, 1.82) is 0 Å². The molecule has 140 valence electrons. The van der Waals surface area contributed by atoms with Crippen LogP contribution in [0.1, 0.15) is 36.5 Å². The number of anilines is 1. The van der Waals surface area contributed by atoms with E-state index in [0.717, 1.165) is 36.5 Å². The summed E-state index contributed by atoms with van der Waals surface area (Å²) in [5, 5.41) is 0.716. The van der Waals surface area contributed by atoms with Gasteiger partial charge in [0.25, 0.3) is 5.91 Å². The molecule has 3 heterocycles. The molecule has 1 saturated heterocycles. The van der Waals surface area contributed by atoms with Crippen LogP contribution in [0.15, 0.2) is 52.5 Å². The number of fused-ring (bicyclic) bond motifs is 2. The second-order valence-corrected chi connectivity index (χ2v) is 8.23. The molecule has 2 aliphatic heterocycles. The van der Waals surface area contributed by atoms with Crippen molar-refractivity contribution < 1.29 is 9.59 Å². The van der Waals surface area contributed by atoms with Gasteiger partial charge in [-0.1, -0.05) is 30.8 Å². The number of likely N-dealkylation sites (tertiary alicyclic amines) is 1. The van der Waals surface area contributed by atoms with Gasteiger partial charge in [0.15, 0.2) is 0 Å². The largest absolute Gasteiger partial charge is 0.343 e. The SMILES string of the molecule is CC1CCN(C(=O)CCN2C(=O)c3cccnc3Sc3ccccc32)CC1. The zero-order chi connectivity index (χ0) is 18.8. The Morgan fingerprint density at radius 1 is 1.19 bits per heavy atom. The second kappa shape index (κ2) is 7.72. The highest BCUT2D eigenvalue weighted by Crippen LogP contribution is 2.40. The molecule has 0 atom stereocenters. The fraction of sp³-hybridized carbons (Fsp3) is 0.381. The predicted molar refractivity (Wildman–Crippen MR) is 106 cm³/mol. The third-order valence-corrected chi connectivity index (χ3v) is 6.38. The summed E-state index contributed by atoms with van der Waals surface area (Å²) in [6, 6.07) is 11.4. The van der Waals surface area contributed by atoms with Crippen molar-refractivity contribution in [3.05, 3.63) is 48.2 Å². The minimum Gasteiger partial charge on any atom is -0.343 e. The van der Waals surface area contributed by atoms with Crippen LogP contribution in [0.25, 0.3) is 0 Å². The molecule has 1 aromatic carbocycles. The van der Waals surface area contributed by atoms with Gasteiger partial charge >= 0.3 is 0 Å². The molecular weight excluding hydrogens is 358 g/mol. The van der Waals surface area contributed by atoms with Crippen LogP contribution in [0.3, 0.4) is 0 Å². The zero-order valence-corrected chi connectivity index (χ0v) is 16.2. The molecule has 0 bridgehead atoms. The maximum absolute atomic E-state index is 13.2. The van der Waals surface area contributed by atoms with Gasteiger partial charge < -0.3 is 9.80 Å². The van der Waals surface area contributed by atoms with E-state index in [9.17, 15) is 9.59 Å². The number of carbonyl (C=O) groups is 2. The molecule has 0 radical (unpaired) electrons. The molecule has 4 rings (SSSR count). The Kier molecular flexibility index (Phi) is 5.16. The first-order valence-corrected chi connectivity index (χ1v) is 10.3. The smallest absolute Gasteiger partial charge is 0.261 e. The van der Waals surface area contributed by atoms with Crippen LogP contribution in [0.4, 0.5) is 5.69 Å². The molecule has 1 fully saturated rings. The minimum absolute atomic E-state index is 0.0874. The first-order valence-electron chi connectivity index (χ1n) is 9.45. The van der Waals surface area contributed by atoms with E-state index in [1.54, 1.807) is 17.2 Å². The molecular formula is C21H23N3O2S. The Morgan fingerprint density at radius 2 is 1.96 bits per heavy atom. The molecule has 0 spiro atoms. The molecule has 0 unspecified atom stereocenters. The summed E-state index contributed by atoms with van der Waals surface area (Å²) in [5.74, 6) is 0.736. The molecule has 2 aliphatic rings. The first-order chi connectivity index (χ1) is 13.1. The Labute approximate surface area is 163 Å². The van der Waals surface area contributed by atoms with Gasteiger partial charge in [-0.25, -0.2) is 4.98 Å². The Balaban J connectivity index is 1.56. The van der Waals surface area contributed by atoms with Crippen molar-refractivity contribution in [2.24, 2.45) is 5.92 Å². The standard InChI is InChI=1S/C21H23N3O2S/c1-15-8-12-23(13-9-15)19(25)10-14-24-17-6-2-3-7-18(17)27-20-16(21(24)26)5-4-11-22-20/h2-7,11,15H,8-10,12-14H2,1H3. The van der Waals surface area contributed by atoms with Crippen LogP contribution in [-0.4, -0.2) is 41.3 Å². The second-order valence-electron chi connectivity index (χ2n) is 7.20. The lowest BCUT2D eigenvalue weighted by Crippen LogP contribution is -2.40. The summed E-state index contributed by atoms with van der Waals surface area (Å²) in [6.45, 7) is 4.27. The molecule has 6 heteroatoms. The van der Waals surface area contributed by atoms with Gasteiger partial charge in [0, 0.05) is 37.1 Å². The topological polar surface area (TPSA) is 53.5 Å². The maximum atomic E-state index is 13.2. The minimum atomic E-state index is -0.0874. The molecule has 2 amide bonds. The first kappa shape index (κ1) is 18.0. The van der Waals surface area contributed by atoms with E-state index in [1.165, 1.54) is 11.8 Å². The van der Waals surface area contributed by atoms with E-state index < -0.39 is 0 Å². The van der Waals surface area contributed by atoms with E-state index in [4.69, 9.17) is 0 Å². The average molecular weight is 382 g/mol. The number of pyridine rings is 1. The normalized spacial score (nSPS) is 17.3. The van der Waals surface area contributed by atoms with Crippen LogP contribution in [0, 0.1) is 5.92 Å². The monoisotopic (exact) mass is 381 g/mol. The average Bonchev–Trinajstić information content (AvgIpc) is 2.81. The number of nitrogens with zero attached hydrogens (tertiary/aromatic N) is 3. The van der Waals surface area contributed by atoms with Crippen molar-refractivity contribution in [2.45, 2.75) is 36.1 Å². The highest BCUT2D eigenvalue weighted by molar-refractivity contribution is 7.99. The van der Waals surface area contributed by atoms with Crippen LogP contribution in [0.2, 0.25) is 0 Å². The third kappa shape index (κ3) is 3.72. The molecule has 0 aliphatic carbocycles. The number of rotatable bonds is 3. The van der Waals surface area contributed by atoms with Gasteiger partial charge in [-0.05, 0) is 43.0 Å². The maximum Gasteiger partial charge on any atom is 0.261 e. The van der Waals surface area contributed by atoms with Gasteiger partial charge in [-0.2, -0.15) is 0 Å². The number of piperidine rings is 1. The van der Waals surface area contributed by atoms with E-state index in [1.807, 2.05) is 35.2 Å². The summed E-state index contributed by atoms with van der Waals surface area (Å²) in [5.41, 5.74) is 1.45. The van der Waals surface area contributed by atoms with Gasteiger partial charge in [0.05, 0.1) is 11.3 Å². The van der Waals surface area contributed by atoms with Crippen LogP contribution >= 0.6 is 11.8 Å². The fourth-order valence-electron chi connectivity index (χ4n) is 3.61. The van der Waals surface area contributed by atoms with Crippen LogP contribution < -0.4 is 4.90 Å². The molecule has 27 heavy (non-hydrogen) atoms. The van der Waals surface area contributed by atoms with Crippen molar-refractivity contribution in [1.82, 2.24) is 9.88 Å². The number of aromatic nitrogens is 1. The van der Waals surface area contributed by atoms with E-state index in [-0.39, 0.29) is 11.8 Å². The number of benzene rings is 1. The van der Waals surface area contributed by atoms with Crippen LogP contribution in [0.5, 0.6) is 0 Å². The van der Waals surface area contributed by atoms with Crippen molar-refractivity contribution in [3.63, 3.8) is 0 Å². The Hall–Kier alpha value is -2.34. The molecule has 0 saturated carbocycles. The highest BCUT2D eigenvalue weighted by Gasteiger charge is 2.29. The van der Waals surface area contributed by atoms with Gasteiger partial charge in [-0.15, -0.1) is 0 Å². The Morgan fingerprint density at radius 3 is 2.78 bits per heavy atom. The number of carbonyl (C=O) groups excluding carboxylic acids is 2. The van der Waals surface area contributed by atoms with E-state index in [0.29, 0.717) is 29.5 Å². The van der Waals surface area contributed by atoms with E-state index >= 15 is 0 Å². The van der Waals surface area contributed by atoms with Gasteiger partial charge in [0.1, 0.15) is 5.03 Å². The summed E-state index contributed by atoms with van der Waals surface area (Å²) in [7, 11) is 0. The van der Waals surface area contributed by atoms with Crippen molar-refractivity contribution in [3.8, 4) is 0 Å². The van der Waals surface area contributed by atoms with Crippen molar-refractivity contribution >= 4 is 29.3 Å². The van der Waals surface area contributed by atoms with Crippen molar-refractivity contribution in [2.75, 3.05) is 24.5 Å². The molecule has 2 aromatic rings. The number of amides is 2. The Bertz CT molecular complexity index is 862. The molecule has 5 nitrogen and oxygen atoms in total. The lowest BCUT2D eigenvalue weighted by molar-refractivity contribution is -0.132. The van der Waals surface area contributed by atoms with Gasteiger partial charge in [-0.3, -0.25) is 9.59 Å². The number of hydrogen-bond donors (Lipinski definition) is 0. The molecule has 1 aromatic heterocycles. The summed E-state index contributed by atoms with van der Waals surface area (Å²) in [6.07, 6.45) is 4.17. The molecule has 0 N–H and O–H groups in total. The summed E-state index contributed by atoms with van der Waals surface area (Å²) >= 11 is 1.50. The summed E-state index contributed by atoms with van der Waals surface area (Å²) in [4.78, 5) is 34.9. The van der Waals surface area contributed by atoms with Gasteiger partial charge in [0.2, 0.25) is 5.91 Å². The number of para-hydroxylation sites is 1. The van der Waals surface area contributed by atoms with Crippen LogP contribution in [-0.2, 0) is 4.79 Å². The van der Waals surface area contributed by atoms with E-state index in [2.05, 4.69) is 11.9 Å². The number of hydrogen-bond acceptors (Lipinski definition) is 4.